The van der Waals surface area contributed by atoms with Gasteiger partial charge in [0.15, 0.2) is 5.82 Å². The van der Waals surface area contributed by atoms with Gasteiger partial charge in [-0.25, -0.2) is 4.98 Å². The predicted octanol–water partition coefficient (Wildman–Crippen LogP) is 1.76. The largest absolute Gasteiger partial charge is 0.314 e. The molecule has 4 aliphatic rings. The molecule has 6 rings (SSSR count). The van der Waals surface area contributed by atoms with E-state index in [1.165, 1.54) is 56.1 Å². The quantitative estimate of drug-likeness (QED) is 0.844. The molecule has 5 heterocycles. The zero-order chi connectivity index (χ0) is 16.3. The van der Waals surface area contributed by atoms with Gasteiger partial charge in [-0.05, 0) is 30.7 Å². The molecule has 1 unspecified atom stereocenters. The Morgan fingerprint density at radius 2 is 2.04 bits per heavy atom. The normalized spacial score (nSPS) is 32.2. The van der Waals surface area contributed by atoms with Crippen molar-refractivity contribution in [3.05, 3.63) is 26.6 Å². The number of H-pyrrole nitrogens is 1. The second-order valence-electron chi connectivity index (χ2n) is 8.06. The van der Waals surface area contributed by atoms with Crippen LogP contribution in [0.1, 0.15) is 29.6 Å². The monoisotopic (exact) mass is 345 g/mol. The molecule has 128 valence electrons. The second-order valence-corrected chi connectivity index (χ2v) is 9.14. The number of hydrogen-bond donors (Lipinski definition) is 1. The summed E-state index contributed by atoms with van der Waals surface area (Å²) in [6, 6.07) is 0. The van der Waals surface area contributed by atoms with Crippen LogP contribution in [0, 0.1) is 5.92 Å². The summed E-state index contributed by atoms with van der Waals surface area (Å²) in [7, 11) is 0. The van der Waals surface area contributed by atoms with Gasteiger partial charge in [0.2, 0.25) is 0 Å². The number of rotatable bonds is 2. The molecule has 2 aromatic rings. The van der Waals surface area contributed by atoms with Crippen molar-refractivity contribution in [2.24, 2.45) is 5.92 Å². The Kier molecular flexibility index (Phi) is 3.37. The summed E-state index contributed by atoms with van der Waals surface area (Å²) < 4.78 is 1.10. The minimum Gasteiger partial charge on any atom is -0.314 e. The fraction of sp³-hybridized carbons (Fsp3) is 0.667. The van der Waals surface area contributed by atoms with E-state index in [0.29, 0.717) is 0 Å². The summed E-state index contributed by atoms with van der Waals surface area (Å²) in [5.41, 5.74) is 1.38. The van der Waals surface area contributed by atoms with E-state index in [9.17, 15) is 4.79 Å². The molecule has 0 spiro atoms. The van der Waals surface area contributed by atoms with E-state index in [1.54, 1.807) is 11.3 Å². The Morgan fingerprint density at radius 3 is 2.79 bits per heavy atom. The van der Waals surface area contributed by atoms with E-state index in [0.717, 1.165) is 45.8 Å². The van der Waals surface area contributed by atoms with Crippen LogP contribution < -0.4 is 5.56 Å². The van der Waals surface area contributed by atoms with Crippen LogP contribution in [0.15, 0.2) is 4.79 Å². The number of hydrogen-bond acceptors (Lipinski definition) is 4. The standard InChI is InChI=1S/C18H24N4OS/c1-12-2-3-13-14(10-12)24-18-16(13)17(23)19-15(20-18)11-22-7-4-21(5-8-22)6-9-22/h12H,2-11H2,1H3/p+1. The Bertz CT molecular complexity index is 833. The summed E-state index contributed by atoms with van der Waals surface area (Å²) >= 11 is 1.76. The molecule has 6 heteroatoms. The highest BCUT2D eigenvalue weighted by Gasteiger charge is 2.39. The van der Waals surface area contributed by atoms with Gasteiger partial charge in [-0.15, -0.1) is 11.3 Å². The highest BCUT2D eigenvalue weighted by Crippen LogP contribution is 2.35. The van der Waals surface area contributed by atoms with Crippen LogP contribution in [-0.4, -0.2) is 58.6 Å². The molecule has 0 saturated carbocycles. The van der Waals surface area contributed by atoms with Crippen LogP contribution in [0.3, 0.4) is 0 Å². The molecule has 0 radical (unpaired) electrons. The third kappa shape index (κ3) is 2.35. The number of fused-ring (bicyclic) bond motifs is 6. The van der Waals surface area contributed by atoms with Crippen molar-refractivity contribution in [3.8, 4) is 0 Å². The highest BCUT2D eigenvalue weighted by atomic mass is 32.1. The van der Waals surface area contributed by atoms with Crippen molar-refractivity contribution < 1.29 is 4.48 Å². The smallest absolute Gasteiger partial charge is 0.260 e. The lowest BCUT2D eigenvalue weighted by Crippen LogP contribution is -2.66. The van der Waals surface area contributed by atoms with Crippen molar-refractivity contribution in [2.45, 2.75) is 32.7 Å². The molecule has 0 aromatic carbocycles. The van der Waals surface area contributed by atoms with Crippen molar-refractivity contribution in [1.29, 1.82) is 0 Å². The molecule has 3 saturated heterocycles. The van der Waals surface area contributed by atoms with Crippen molar-refractivity contribution >= 4 is 21.6 Å². The lowest BCUT2D eigenvalue weighted by Gasteiger charge is -2.50. The van der Waals surface area contributed by atoms with Gasteiger partial charge >= 0.3 is 0 Å². The van der Waals surface area contributed by atoms with Gasteiger partial charge in [0.05, 0.1) is 25.0 Å². The summed E-state index contributed by atoms with van der Waals surface area (Å²) in [5, 5.41) is 0.883. The van der Waals surface area contributed by atoms with Gasteiger partial charge in [0, 0.05) is 24.5 Å². The van der Waals surface area contributed by atoms with Crippen LogP contribution in [-0.2, 0) is 19.4 Å². The van der Waals surface area contributed by atoms with Crippen molar-refractivity contribution in [3.63, 3.8) is 0 Å². The van der Waals surface area contributed by atoms with E-state index in [1.807, 2.05) is 0 Å². The summed E-state index contributed by atoms with van der Waals surface area (Å²) in [5.74, 6) is 1.63. The number of thiophene rings is 1. The lowest BCUT2D eigenvalue weighted by atomic mass is 9.89. The molecule has 1 N–H and O–H groups in total. The van der Waals surface area contributed by atoms with Crippen LogP contribution >= 0.6 is 11.3 Å². The van der Waals surface area contributed by atoms with Gasteiger partial charge in [-0.1, -0.05) is 6.92 Å². The fourth-order valence-electron chi connectivity index (χ4n) is 4.75. The molecule has 5 nitrogen and oxygen atoms in total. The first-order valence-corrected chi connectivity index (χ1v) is 10.0. The second kappa shape index (κ2) is 5.38. The SMILES string of the molecule is CC1CCc2c(sc3nc(C[N+]45CCN(CC4)CC5)[nH]c(=O)c23)C1. The lowest BCUT2D eigenvalue weighted by molar-refractivity contribution is -0.953. The number of nitrogens with one attached hydrogen (secondary N) is 1. The molecule has 2 aromatic heterocycles. The first kappa shape index (κ1) is 15.0. The van der Waals surface area contributed by atoms with Crippen LogP contribution in [0.25, 0.3) is 10.2 Å². The molecule has 0 amide bonds. The molecule has 2 bridgehead atoms. The third-order valence-corrected chi connectivity index (χ3v) is 7.52. The van der Waals surface area contributed by atoms with Gasteiger partial charge in [0.1, 0.15) is 11.4 Å². The highest BCUT2D eigenvalue weighted by molar-refractivity contribution is 7.18. The zero-order valence-corrected chi connectivity index (χ0v) is 15.1. The van der Waals surface area contributed by atoms with Gasteiger partial charge in [-0.3, -0.25) is 9.69 Å². The van der Waals surface area contributed by atoms with E-state index in [-0.39, 0.29) is 5.56 Å². The molecule has 3 aliphatic heterocycles. The van der Waals surface area contributed by atoms with Gasteiger partial charge in [0.25, 0.3) is 5.56 Å². The maximum absolute atomic E-state index is 12.8. The van der Waals surface area contributed by atoms with Crippen LogP contribution in [0.5, 0.6) is 0 Å². The van der Waals surface area contributed by atoms with Gasteiger partial charge in [-0.2, -0.15) is 0 Å². The van der Waals surface area contributed by atoms with E-state index < -0.39 is 0 Å². The number of aromatic nitrogens is 2. The van der Waals surface area contributed by atoms with Crippen molar-refractivity contribution in [2.75, 3.05) is 39.3 Å². The van der Waals surface area contributed by atoms with Crippen LogP contribution in [0.4, 0.5) is 0 Å². The first-order chi connectivity index (χ1) is 11.6. The average molecular weight is 345 g/mol. The minimum atomic E-state index is 0.0934. The third-order valence-electron chi connectivity index (χ3n) is 6.37. The number of piperazine rings is 3. The Labute approximate surface area is 145 Å². The zero-order valence-electron chi connectivity index (χ0n) is 14.3. The summed E-state index contributed by atoms with van der Waals surface area (Å²) in [6.45, 7) is 10.4. The molecule has 1 aliphatic carbocycles. The first-order valence-electron chi connectivity index (χ1n) is 9.23. The topological polar surface area (TPSA) is 49.0 Å². The predicted molar refractivity (Wildman–Crippen MR) is 96.4 cm³/mol. The molecule has 3 fully saturated rings. The number of nitrogens with zero attached hydrogens (tertiary/aromatic N) is 3. The van der Waals surface area contributed by atoms with Crippen molar-refractivity contribution in [1.82, 2.24) is 14.9 Å². The fourth-order valence-corrected chi connectivity index (χ4v) is 6.16. The summed E-state index contributed by atoms with van der Waals surface area (Å²) in [4.78, 5) is 25.7. The van der Waals surface area contributed by atoms with E-state index in [2.05, 4.69) is 16.8 Å². The summed E-state index contributed by atoms with van der Waals surface area (Å²) in [6.07, 6.45) is 3.34. The average Bonchev–Trinajstić information content (AvgIpc) is 2.93. The molecule has 24 heavy (non-hydrogen) atoms. The Morgan fingerprint density at radius 1 is 1.29 bits per heavy atom. The van der Waals surface area contributed by atoms with E-state index >= 15 is 0 Å². The van der Waals surface area contributed by atoms with E-state index in [4.69, 9.17) is 4.98 Å². The number of quaternary nitrogens is 1. The van der Waals surface area contributed by atoms with Crippen LogP contribution in [0.2, 0.25) is 0 Å². The Balaban J connectivity index is 1.53. The minimum absolute atomic E-state index is 0.0934. The Hall–Kier alpha value is -1.24. The maximum Gasteiger partial charge on any atom is 0.260 e. The van der Waals surface area contributed by atoms with Gasteiger partial charge < -0.3 is 9.47 Å². The molecule has 1 atom stereocenters. The maximum atomic E-state index is 12.8. The number of aromatic amines is 1. The molecular formula is C18H25N4OS+. The number of aryl methyl sites for hydroxylation is 1. The molecular weight excluding hydrogens is 320 g/mol.